The molecule has 7 heteroatoms. The van der Waals surface area contributed by atoms with Crippen molar-refractivity contribution in [2.45, 2.75) is 32.5 Å². The molecule has 2 heterocycles. The number of hydrogen-bond acceptors (Lipinski definition) is 5. The van der Waals surface area contributed by atoms with Crippen molar-refractivity contribution in [1.29, 1.82) is 0 Å². The maximum absolute atomic E-state index is 12.9. The molecule has 7 nitrogen and oxygen atoms in total. The largest absolute Gasteiger partial charge is 0.457 e. The van der Waals surface area contributed by atoms with Gasteiger partial charge in [0.1, 0.15) is 17.8 Å². The molecule has 0 saturated heterocycles. The van der Waals surface area contributed by atoms with E-state index in [2.05, 4.69) is 56.7 Å². The molecule has 0 aliphatic heterocycles. The number of aromatic nitrogens is 2. The number of benzene rings is 4. The molecule has 0 spiro atoms. The molecule has 6 aromatic rings. The molecular formula is C36H34N4O3. The Kier molecular flexibility index (Phi) is 8.61. The van der Waals surface area contributed by atoms with Crippen LogP contribution in [0.25, 0.3) is 10.9 Å². The molecule has 0 fully saturated rings. The summed E-state index contributed by atoms with van der Waals surface area (Å²) < 4.78 is 11.9. The number of amides is 1. The van der Waals surface area contributed by atoms with Crippen LogP contribution >= 0.6 is 0 Å². The molecule has 0 aliphatic carbocycles. The van der Waals surface area contributed by atoms with Crippen molar-refractivity contribution in [3.63, 3.8) is 0 Å². The zero-order valence-electron chi connectivity index (χ0n) is 24.1. The number of carbonyl (C=O) groups is 1. The number of H-pyrrole nitrogens is 1. The van der Waals surface area contributed by atoms with Gasteiger partial charge in [-0.3, -0.25) is 9.69 Å². The van der Waals surface area contributed by atoms with Crippen molar-refractivity contribution in [2.24, 2.45) is 0 Å². The predicted octanol–water partition coefficient (Wildman–Crippen LogP) is 7.68. The maximum Gasteiger partial charge on any atom is 0.273 e. The number of oxazole rings is 1. The Hall–Kier alpha value is -5.14. The molecule has 2 aromatic heterocycles. The summed E-state index contributed by atoms with van der Waals surface area (Å²) in [6.07, 6.45) is 4.36. The van der Waals surface area contributed by atoms with Gasteiger partial charge in [0.15, 0.2) is 5.69 Å². The summed E-state index contributed by atoms with van der Waals surface area (Å²) in [6, 6.07) is 35.9. The molecule has 2 N–H and O–H groups in total. The average molecular weight is 571 g/mol. The molecule has 1 atom stereocenters. The minimum atomic E-state index is -0.262. The first-order valence-electron chi connectivity index (χ1n) is 14.5. The van der Waals surface area contributed by atoms with E-state index in [1.807, 2.05) is 85.8 Å². The summed E-state index contributed by atoms with van der Waals surface area (Å²) >= 11 is 0. The summed E-state index contributed by atoms with van der Waals surface area (Å²) in [5.41, 5.74) is 4.79. The van der Waals surface area contributed by atoms with Crippen LogP contribution in [0.15, 0.2) is 126 Å². The summed E-state index contributed by atoms with van der Waals surface area (Å²) in [6.45, 7) is 3.83. The zero-order valence-corrected chi connectivity index (χ0v) is 24.1. The SMILES string of the molecule is C[C@H](NC(=O)c1coc(CN(CCc2c[nH]c3ccccc23)Cc2cccc(Oc3ccccc3)c2)n1)c1ccccc1. The number of para-hydroxylation sites is 2. The number of nitrogens with one attached hydrogen (secondary N) is 2. The van der Waals surface area contributed by atoms with Gasteiger partial charge in [-0.25, -0.2) is 4.98 Å². The number of ether oxygens (including phenoxy) is 1. The van der Waals surface area contributed by atoms with Gasteiger partial charge >= 0.3 is 0 Å². The molecule has 0 saturated carbocycles. The van der Waals surface area contributed by atoms with Gasteiger partial charge in [0.2, 0.25) is 5.89 Å². The number of rotatable bonds is 12. The van der Waals surface area contributed by atoms with Crippen molar-refractivity contribution in [3.8, 4) is 11.5 Å². The zero-order chi connectivity index (χ0) is 29.4. The minimum absolute atomic E-state index is 0.146. The normalized spacial score (nSPS) is 12.0. The molecule has 0 radical (unpaired) electrons. The standard InChI is InChI=1S/C36H34N4O3/c1-26(28-12-4-2-5-13-28)38-36(41)34-25-42-35(39-34)24-40(20-19-29-22-37-33-18-9-8-17-32(29)33)23-27-11-10-16-31(21-27)43-30-14-6-3-7-15-30/h2-18,21-22,25-26,37H,19-20,23-24H2,1H3,(H,38,41)/t26-/m0/s1. The lowest BCUT2D eigenvalue weighted by molar-refractivity contribution is 0.0934. The topological polar surface area (TPSA) is 83.4 Å². The minimum Gasteiger partial charge on any atom is -0.457 e. The quantitative estimate of drug-likeness (QED) is 0.158. The Morgan fingerprint density at radius 1 is 0.907 bits per heavy atom. The molecule has 0 bridgehead atoms. The van der Waals surface area contributed by atoms with Gasteiger partial charge in [0, 0.05) is 30.2 Å². The van der Waals surface area contributed by atoms with Crippen LogP contribution in [-0.4, -0.2) is 27.3 Å². The van der Waals surface area contributed by atoms with Gasteiger partial charge in [-0.05, 0) is 60.4 Å². The second-order valence-electron chi connectivity index (χ2n) is 10.6. The van der Waals surface area contributed by atoms with Crippen LogP contribution in [0.1, 0.15) is 46.0 Å². The van der Waals surface area contributed by atoms with E-state index in [-0.39, 0.29) is 17.6 Å². The first-order chi connectivity index (χ1) is 21.1. The monoisotopic (exact) mass is 570 g/mol. The second kappa shape index (κ2) is 13.2. The van der Waals surface area contributed by atoms with Crippen molar-refractivity contribution in [2.75, 3.05) is 6.54 Å². The second-order valence-corrected chi connectivity index (χ2v) is 10.6. The highest BCUT2D eigenvalue weighted by atomic mass is 16.5. The van der Waals surface area contributed by atoms with Crippen LogP contribution < -0.4 is 10.1 Å². The first kappa shape index (κ1) is 28.0. The molecule has 0 unspecified atom stereocenters. The van der Waals surface area contributed by atoms with Crippen molar-refractivity contribution in [3.05, 3.63) is 150 Å². The fraction of sp³-hybridized carbons (Fsp3) is 0.167. The Morgan fingerprint density at radius 3 is 2.49 bits per heavy atom. The molecule has 216 valence electrons. The smallest absolute Gasteiger partial charge is 0.273 e. The van der Waals surface area contributed by atoms with Crippen LogP contribution in [0.2, 0.25) is 0 Å². The van der Waals surface area contributed by atoms with Crippen molar-refractivity contribution in [1.82, 2.24) is 20.2 Å². The lowest BCUT2D eigenvalue weighted by Gasteiger charge is -2.21. The molecule has 1 amide bonds. The number of nitrogens with zero attached hydrogens (tertiary/aromatic N) is 2. The third-order valence-electron chi connectivity index (χ3n) is 7.45. The number of fused-ring (bicyclic) bond motifs is 1. The van der Waals surface area contributed by atoms with E-state index in [0.29, 0.717) is 19.0 Å². The van der Waals surface area contributed by atoms with Gasteiger partial charge in [-0.2, -0.15) is 0 Å². The molecule has 43 heavy (non-hydrogen) atoms. The summed E-state index contributed by atoms with van der Waals surface area (Å²) in [5.74, 6) is 1.81. The van der Waals surface area contributed by atoms with Crippen molar-refractivity contribution >= 4 is 16.8 Å². The predicted molar refractivity (Wildman–Crippen MR) is 168 cm³/mol. The van der Waals surface area contributed by atoms with Gasteiger partial charge in [0.05, 0.1) is 12.6 Å². The van der Waals surface area contributed by atoms with Gasteiger partial charge in [-0.1, -0.05) is 78.9 Å². The molecule has 0 aliphatic rings. The lowest BCUT2D eigenvalue weighted by Crippen LogP contribution is -2.27. The highest BCUT2D eigenvalue weighted by Gasteiger charge is 2.18. The molecule has 4 aromatic carbocycles. The lowest BCUT2D eigenvalue weighted by atomic mass is 10.1. The molecule has 6 rings (SSSR count). The third kappa shape index (κ3) is 7.20. The summed E-state index contributed by atoms with van der Waals surface area (Å²) in [5, 5.41) is 4.24. The highest BCUT2D eigenvalue weighted by Crippen LogP contribution is 2.24. The Bertz CT molecular complexity index is 1780. The van der Waals surface area contributed by atoms with Gasteiger partial charge < -0.3 is 19.5 Å². The number of carbonyl (C=O) groups excluding carboxylic acids is 1. The van der Waals surface area contributed by atoms with Crippen LogP contribution in [0, 0.1) is 0 Å². The van der Waals surface area contributed by atoms with Crippen LogP contribution in [0.4, 0.5) is 0 Å². The summed E-state index contributed by atoms with van der Waals surface area (Å²) in [4.78, 5) is 23.2. The fourth-order valence-electron chi connectivity index (χ4n) is 5.20. The van der Waals surface area contributed by atoms with E-state index in [0.717, 1.165) is 41.1 Å². The van der Waals surface area contributed by atoms with E-state index in [9.17, 15) is 4.79 Å². The van der Waals surface area contributed by atoms with Crippen molar-refractivity contribution < 1.29 is 13.9 Å². The third-order valence-corrected chi connectivity index (χ3v) is 7.45. The Labute approximate surface area is 251 Å². The average Bonchev–Trinajstić information content (AvgIpc) is 3.68. The summed E-state index contributed by atoms with van der Waals surface area (Å²) in [7, 11) is 0. The Balaban J connectivity index is 1.17. The fourth-order valence-corrected chi connectivity index (χ4v) is 5.20. The van der Waals surface area contributed by atoms with Crippen LogP contribution in [0.3, 0.4) is 0 Å². The van der Waals surface area contributed by atoms with E-state index < -0.39 is 0 Å². The molecular weight excluding hydrogens is 536 g/mol. The van der Waals surface area contributed by atoms with E-state index in [1.165, 1.54) is 17.2 Å². The Morgan fingerprint density at radius 2 is 1.65 bits per heavy atom. The van der Waals surface area contributed by atoms with E-state index >= 15 is 0 Å². The van der Waals surface area contributed by atoms with Gasteiger partial charge in [0.25, 0.3) is 5.91 Å². The highest BCUT2D eigenvalue weighted by molar-refractivity contribution is 5.92. The van der Waals surface area contributed by atoms with Gasteiger partial charge in [-0.15, -0.1) is 0 Å². The number of aromatic amines is 1. The first-order valence-corrected chi connectivity index (χ1v) is 14.5. The maximum atomic E-state index is 12.9. The van der Waals surface area contributed by atoms with E-state index in [1.54, 1.807) is 0 Å². The van der Waals surface area contributed by atoms with Crippen LogP contribution in [0.5, 0.6) is 11.5 Å². The number of hydrogen-bond donors (Lipinski definition) is 2. The van der Waals surface area contributed by atoms with Crippen LogP contribution in [-0.2, 0) is 19.5 Å². The van der Waals surface area contributed by atoms with E-state index in [4.69, 9.17) is 9.15 Å².